The molecule has 0 atom stereocenters. The van der Waals surface area contributed by atoms with Gasteiger partial charge in [-0.25, -0.2) is 4.79 Å². The Morgan fingerprint density at radius 1 is 1.07 bits per heavy atom. The molecule has 3 aromatic rings. The molecular formula is C21H25N3O3. The summed E-state index contributed by atoms with van der Waals surface area (Å²) in [5, 5.41) is 0. The van der Waals surface area contributed by atoms with Gasteiger partial charge in [-0.1, -0.05) is 29.8 Å². The Bertz CT molecular complexity index is 986. The standard InChI is InChI=1S/C21H25N3O3/c1-16-8-10-17(11-9-16)27-15-14-22(2)20(25)12-13-24-19-7-5-4-6-18(19)23(3)21(24)26/h4-11H,12-15H2,1-3H3. The lowest BCUT2D eigenvalue weighted by Gasteiger charge is -2.17. The van der Waals surface area contributed by atoms with E-state index in [9.17, 15) is 9.59 Å². The molecule has 0 unspecified atom stereocenters. The van der Waals surface area contributed by atoms with Crippen LogP contribution >= 0.6 is 0 Å². The maximum atomic E-state index is 12.4. The van der Waals surface area contributed by atoms with E-state index < -0.39 is 0 Å². The van der Waals surface area contributed by atoms with Crippen LogP contribution in [0.15, 0.2) is 53.3 Å². The van der Waals surface area contributed by atoms with Gasteiger partial charge in [0.15, 0.2) is 0 Å². The van der Waals surface area contributed by atoms with E-state index in [4.69, 9.17) is 4.74 Å². The number of aryl methyl sites for hydroxylation is 3. The quantitative estimate of drug-likeness (QED) is 0.645. The summed E-state index contributed by atoms with van der Waals surface area (Å²) >= 11 is 0. The topological polar surface area (TPSA) is 56.5 Å². The zero-order valence-electron chi connectivity index (χ0n) is 16.0. The lowest BCUT2D eigenvalue weighted by atomic mass is 10.2. The van der Waals surface area contributed by atoms with Crippen molar-refractivity contribution in [3.63, 3.8) is 0 Å². The number of hydrogen-bond donors (Lipinski definition) is 0. The van der Waals surface area contributed by atoms with Gasteiger partial charge in [-0.3, -0.25) is 13.9 Å². The Kier molecular flexibility index (Phi) is 5.64. The number of rotatable bonds is 7. The largest absolute Gasteiger partial charge is 0.492 e. The zero-order valence-corrected chi connectivity index (χ0v) is 16.0. The van der Waals surface area contributed by atoms with Crippen molar-refractivity contribution < 1.29 is 9.53 Å². The predicted octanol–water partition coefficient (Wildman–Crippen LogP) is 2.58. The second-order valence-electron chi connectivity index (χ2n) is 6.71. The summed E-state index contributed by atoms with van der Waals surface area (Å²) in [5.74, 6) is 0.783. The van der Waals surface area contributed by atoms with Gasteiger partial charge in [0.1, 0.15) is 12.4 Å². The lowest BCUT2D eigenvalue weighted by molar-refractivity contribution is -0.130. The van der Waals surface area contributed by atoms with Crippen LogP contribution in [-0.4, -0.2) is 40.1 Å². The average Bonchev–Trinajstić information content (AvgIpc) is 2.92. The molecule has 6 nitrogen and oxygen atoms in total. The van der Waals surface area contributed by atoms with Crippen molar-refractivity contribution in [2.75, 3.05) is 20.2 Å². The molecule has 0 radical (unpaired) electrons. The highest BCUT2D eigenvalue weighted by atomic mass is 16.5. The molecule has 1 amide bonds. The van der Waals surface area contributed by atoms with E-state index in [1.54, 1.807) is 28.1 Å². The van der Waals surface area contributed by atoms with Crippen molar-refractivity contribution in [3.05, 3.63) is 64.6 Å². The SMILES string of the molecule is Cc1ccc(OCCN(C)C(=O)CCn2c(=O)n(C)c3ccccc32)cc1. The minimum absolute atomic E-state index is 0.0117. The molecular weight excluding hydrogens is 342 g/mol. The molecule has 2 aromatic carbocycles. The number of nitrogens with zero attached hydrogens (tertiary/aromatic N) is 3. The average molecular weight is 367 g/mol. The number of hydrogen-bond acceptors (Lipinski definition) is 3. The fourth-order valence-corrected chi connectivity index (χ4v) is 3.04. The third-order valence-electron chi connectivity index (χ3n) is 4.74. The summed E-state index contributed by atoms with van der Waals surface area (Å²) in [7, 11) is 3.50. The van der Waals surface area contributed by atoms with Crippen LogP contribution in [0.3, 0.4) is 0 Å². The van der Waals surface area contributed by atoms with Crippen molar-refractivity contribution in [2.45, 2.75) is 19.9 Å². The molecule has 1 aromatic heterocycles. The summed E-state index contributed by atoms with van der Waals surface area (Å²) in [6.45, 7) is 3.32. The highest BCUT2D eigenvalue weighted by Crippen LogP contribution is 2.13. The monoisotopic (exact) mass is 367 g/mol. The van der Waals surface area contributed by atoms with Crippen molar-refractivity contribution in [2.24, 2.45) is 7.05 Å². The first kappa shape index (κ1) is 18.8. The molecule has 0 aliphatic carbocycles. The van der Waals surface area contributed by atoms with E-state index in [0.717, 1.165) is 16.8 Å². The number of likely N-dealkylation sites (N-methyl/N-ethyl adjacent to an activating group) is 1. The van der Waals surface area contributed by atoms with Crippen LogP contribution in [0.1, 0.15) is 12.0 Å². The van der Waals surface area contributed by atoms with Crippen LogP contribution in [0.4, 0.5) is 0 Å². The molecule has 0 saturated heterocycles. The number of ether oxygens (including phenoxy) is 1. The molecule has 0 aliphatic rings. The highest BCUT2D eigenvalue weighted by Gasteiger charge is 2.13. The van der Waals surface area contributed by atoms with Crippen molar-refractivity contribution >= 4 is 16.9 Å². The molecule has 142 valence electrons. The summed E-state index contributed by atoms with van der Waals surface area (Å²) < 4.78 is 8.94. The molecule has 27 heavy (non-hydrogen) atoms. The van der Waals surface area contributed by atoms with Crippen LogP contribution in [0.25, 0.3) is 11.0 Å². The van der Waals surface area contributed by atoms with Crippen LogP contribution in [0, 0.1) is 6.92 Å². The Morgan fingerprint density at radius 2 is 1.74 bits per heavy atom. The highest BCUT2D eigenvalue weighted by molar-refractivity contribution is 5.77. The third kappa shape index (κ3) is 4.22. The first-order valence-corrected chi connectivity index (χ1v) is 9.05. The second-order valence-corrected chi connectivity index (χ2v) is 6.71. The van der Waals surface area contributed by atoms with Gasteiger partial charge >= 0.3 is 5.69 Å². The second kappa shape index (κ2) is 8.12. The number of carbonyl (C=O) groups is 1. The number of imidazole rings is 1. The van der Waals surface area contributed by atoms with Gasteiger partial charge < -0.3 is 9.64 Å². The molecule has 0 saturated carbocycles. The van der Waals surface area contributed by atoms with Gasteiger partial charge in [0, 0.05) is 27.1 Å². The van der Waals surface area contributed by atoms with E-state index >= 15 is 0 Å². The number of amides is 1. The van der Waals surface area contributed by atoms with E-state index in [2.05, 4.69) is 0 Å². The molecule has 1 heterocycles. The van der Waals surface area contributed by atoms with Crippen LogP contribution in [0.5, 0.6) is 5.75 Å². The minimum Gasteiger partial charge on any atom is -0.492 e. The van der Waals surface area contributed by atoms with Gasteiger partial charge in [0.2, 0.25) is 5.91 Å². The summed E-state index contributed by atoms with van der Waals surface area (Å²) in [6, 6.07) is 15.4. The number of benzene rings is 2. The number of carbonyl (C=O) groups excluding carboxylic acids is 1. The van der Waals surface area contributed by atoms with Gasteiger partial charge in [-0.05, 0) is 31.2 Å². The fourth-order valence-electron chi connectivity index (χ4n) is 3.04. The molecule has 0 N–H and O–H groups in total. The first-order valence-electron chi connectivity index (χ1n) is 9.05. The minimum atomic E-state index is -0.102. The zero-order chi connectivity index (χ0) is 19.4. The number of aromatic nitrogens is 2. The van der Waals surface area contributed by atoms with Gasteiger partial charge in [-0.2, -0.15) is 0 Å². The molecule has 0 aliphatic heterocycles. The molecule has 0 fully saturated rings. The lowest BCUT2D eigenvalue weighted by Crippen LogP contribution is -2.32. The molecule has 0 bridgehead atoms. The van der Waals surface area contributed by atoms with Crippen LogP contribution in [0.2, 0.25) is 0 Å². The van der Waals surface area contributed by atoms with Crippen molar-refractivity contribution in [3.8, 4) is 5.75 Å². The Labute approximate surface area is 158 Å². The van der Waals surface area contributed by atoms with Crippen molar-refractivity contribution in [1.82, 2.24) is 14.0 Å². The van der Waals surface area contributed by atoms with Crippen LogP contribution < -0.4 is 10.4 Å². The molecule has 0 spiro atoms. The maximum Gasteiger partial charge on any atom is 0.328 e. The van der Waals surface area contributed by atoms with E-state index in [-0.39, 0.29) is 18.0 Å². The van der Waals surface area contributed by atoms with Crippen LogP contribution in [-0.2, 0) is 18.4 Å². The number of fused-ring (bicyclic) bond motifs is 1. The van der Waals surface area contributed by atoms with Crippen molar-refractivity contribution in [1.29, 1.82) is 0 Å². The smallest absolute Gasteiger partial charge is 0.328 e. The summed E-state index contributed by atoms with van der Waals surface area (Å²) in [5.41, 5.74) is 2.80. The normalized spacial score (nSPS) is 10.9. The van der Waals surface area contributed by atoms with Gasteiger partial charge in [0.25, 0.3) is 0 Å². The first-order chi connectivity index (χ1) is 13.0. The Balaban J connectivity index is 1.54. The predicted molar refractivity (Wildman–Crippen MR) is 106 cm³/mol. The Morgan fingerprint density at radius 3 is 2.44 bits per heavy atom. The summed E-state index contributed by atoms with van der Waals surface area (Å²) in [4.78, 5) is 26.5. The van der Waals surface area contributed by atoms with Gasteiger partial charge in [0.05, 0.1) is 17.6 Å². The Hall–Kier alpha value is -3.02. The van der Waals surface area contributed by atoms with E-state index in [0.29, 0.717) is 19.7 Å². The molecule has 3 rings (SSSR count). The van der Waals surface area contributed by atoms with E-state index in [1.807, 2.05) is 55.5 Å². The maximum absolute atomic E-state index is 12.4. The van der Waals surface area contributed by atoms with Gasteiger partial charge in [-0.15, -0.1) is 0 Å². The third-order valence-corrected chi connectivity index (χ3v) is 4.74. The van der Waals surface area contributed by atoms with E-state index in [1.165, 1.54) is 5.56 Å². The molecule has 6 heteroatoms. The number of para-hydroxylation sites is 2. The fraction of sp³-hybridized carbons (Fsp3) is 0.333. The summed E-state index contributed by atoms with van der Waals surface area (Å²) in [6.07, 6.45) is 0.273.